The van der Waals surface area contributed by atoms with Crippen LogP contribution in [0, 0.1) is 11.8 Å². The van der Waals surface area contributed by atoms with Crippen LogP contribution in [0.25, 0.3) is 0 Å². The van der Waals surface area contributed by atoms with Gasteiger partial charge in [-0.2, -0.15) is 0 Å². The summed E-state index contributed by atoms with van der Waals surface area (Å²) in [5.74, 6) is 1.45. The minimum atomic E-state index is -0.600. The fourth-order valence-corrected chi connectivity index (χ4v) is 3.03. The van der Waals surface area contributed by atoms with Crippen molar-refractivity contribution in [3.8, 4) is 0 Å². The van der Waals surface area contributed by atoms with Crippen LogP contribution < -0.4 is 5.73 Å². The highest BCUT2D eigenvalue weighted by atomic mass is 16.2. The molecule has 2 rings (SSSR count). The van der Waals surface area contributed by atoms with Crippen molar-refractivity contribution in [2.24, 2.45) is 17.6 Å². The first kappa shape index (κ1) is 12.9. The lowest BCUT2D eigenvalue weighted by molar-refractivity contribution is -0.138. The van der Waals surface area contributed by atoms with E-state index in [0.29, 0.717) is 5.92 Å². The standard InChI is InChI=1S/C14H26N2O/c1-3-4-11-7-9-16(10-8-11)13(17)14(2,15)12-5-6-12/h11-12H,3-10,15H2,1-2H3. The zero-order valence-corrected chi connectivity index (χ0v) is 11.2. The Morgan fingerprint density at radius 1 is 1.29 bits per heavy atom. The molecule has 3 heteroatoms. The first-order valence-corrected chi connectivity index (χ1v) is 7.14. The average molecular weight is 238 g/mol. The minimum absolute atomic E-state index is 0.190. The molecule has 2 N–H and O–H groups in total. The second-order valence-corrected chi connectivity index (χ2v) is 6.08. The molecule has 0 bridgehead atoms. The highest BCUT2D eigenvalue weighted by molar-refractivity contribution is 5.86. The summed E-state index contributed by atoms with van der Waals surface area (Å²) >= 11 is 0. The Bertz CT molecular complexity index is 276. The number of nitrogens with zero attached hydrogens (tertiary/aromatic N) is 1. The van der Waals surface area contributed by atoms with Gasteiger partial charge in [0.15, 0.2) is 0 Å². The summed E-state index contributed by atoms with van der Waals surface area (Å²) < 4.78 is 0. The Morgan fingerprint density at radius 3 is 2.35 bits per heavy atom. The summed E-state index contributed by atoms with van der Waals surface area (Å²) in [6.45, 7) is 6.00. The van der Waals surface area contributed by atoms with E-state index in [1.54, 1.807) is 0 Å². The van der Waals surface area contributed by atoms with E-state index in [2.05, 4.69) is 6.92 Å². The summed E-state index contributed by atoms with van der Waals surface area (Å²) in [5.41, 5.74) is 5.60. The predicted molar refractivity (Wildman–Crippen MR) is 69.5 cm³/mol. The van der Waals surface area contributed by atoms with E-state index >= 15 is 0 Å². The maximum absolute atomic E-state index is 12.4. The van der Waals surface area contributed by atoms with Gasteiger partial charge in [0, 0.05) is 13.1 Å². The SMILES string of the molecule is CCCC1CCN(C(=O)C(C)(N)C2CC2)CC1. The maximum atomic E-state index is 12.4. The molecule has 0 aromatic rings. The zero-order chi connectivity index (χ0) is 12.5. The smallest absolute Gasteiger partial charge is 0.242 e. The quantitative estimate of drug-likeness (QED) is 0.815. The molecule has 0 radical (unpaired) electrons. The van der Waals surface area contributed by atoms with E-state index < -0.39 is 5.54 Å². The maximum Gasteiger partial charge on any atom is 0.242 e. The lowest BCUT2D eigenvalue weighted by Crippen LogP contribution is -2.56. The van der Waals surface area contributed by atoms with Crippen molar-refractivity contribution >= 4 is 5.91 Å². The van der Waals surface area contributed by atoms with Crippen molar-refractivity contribution in [2.45, 2.75) is 57.9 Å². The topological polar surface area (TPSA) is 46.3 Å². The monoisotopic (exact) mass is 238 g/mol. The van der Waals surface area contributed by atoms with Crippen molar-refractivity contribution in [2.75, 3.05) is 13.1 Å². The first-order chi connectivity index (χ1) is 8.05. The number of hydrogen-bond acceptors (Lipinski definition) is 2. The van der Waals surface area contributed by atoms with Crippen molar-refractivity contribution < 1.29 is 4.79 Å². The second kappa shape index (κ2) is 4.97. The lowest BCUT2D eigenvalue weighted by atomic mass is 9.89. The Hall–Kier alpha value is -0.570. The summed E-state index contributed by atoms with van der Waals surface area (Å²) in [6, 6.07) is 0. The zero-order valence-electron chi connectivity index (χ0n) is 11.2. The number of likely N-dealkylation sites (tertiary alicyclic amines) is 1. The van der Waals surface area contributed by atoms with Crippen LogP contribution in [0.5, 0.6) is 0 Å². The van der Waals surface area contributed by atoms with Gasteiger partial charge in [-0.25, -0.2) is 0 Å². The molecule has 1 aliphatic carbocycles. The summed E-state index contributed by atoms with van der Waals surface area (Å²) in [5, 5.41) is 0. The molecule has 17 heavy (non-hydrogen) atoms. The third-order valence-electron chi connectivity index (χ3n) is 4.48. The fraction of sp³-hybridized carbons (Fsp3) is 0.929. The molecule has 1 heterocycles. The molecule has 0 spiro atoms. The molecule has 2 fully saturated rings. The molecule has 1 amide bonds. The van der Waals surface area contributed by atoms with Gasteiger partial charge in [-0.1, -0.05) is 19.8 Å². The van der Waals surface area contributed by atoms with Gasteiger partial charge in [0.2, 0.25) is 5.91 Å². The Labute approximate surface area is 105 Å². The summed E-state index contributed by atoms with van der Waals surface area (Å²) in [6.07, 6.45) is 7.16. The van der Waals surface area contributed by atoms with Gasteiger partial charge in [0.1, 0.15) is 0 Å². The van der Waals surface area contributed by atoms with Crippen LogP contribution >= 0.6 is 0 Å². The van der Waals surface area contributed by atoms with Crippen molar-refractivity contribution in [1.82, 2.24) is 4.90 Å². The second-order valence-electron chi connectivity index (χ2n) is 6.08. The molecule has 2 aliphatic rings. The minimum Gasteiger partial charge on any atom is -0.341 e. The van der Waals surface area contributed by atoms with Crippen LogP contribution in [0.3, 0.4) is 0 Å². The molecule has 1 saturated carbocycles. The Kier molecular flexibility index (Phi) is 3.76. The number of nitrogens with two attached hydrogens (primary N) is 1. The van der Waals surface area contributed by atoms with Crippen LogP contribution in [0.4, 0.5) is 0 Å². The summed E-state index contributed by atoms with van der Waals surface area (Å²) in [7, 11) is 0. The van der Waals surface area contributed by atoms with Gasteiger partial charge < -0.3 is 10.6 Å². The average Bonchev–Trinajstić information content (AvgIpc) is 3.13. The van der Waals surface area contributed by atoms with Crippen molar-refractivity contribution in [1.29, 1.82) is 0 Å². The molecule has 1 saturated heterocycles. The Balaban J connectivity index is 1.85. The van der Waals surface area contributed by atoms with Gasteiger partial charge in [-0.3, -0.25) is 4.79 Å². The van der Waals surface area contributed by atoms with E-state index in [-0.39, 0.29) is 5.91 Å². The van der Waals surface area contributed by atoms with Crippen LogP contribution in [-0.4, -0.2) is 29.4 Å². The van der Waals surface area contributed by atoms with Gasteiger partial charge in [-0.15, -0.1) is 0 Å². The number of carbonyl (C=O) groups excluding carboxylic acids is 1. The molecule has 98 valence electrons. The normalized spacial score (nSPS) is 25.7. The van der Waals surface area contributed by atoms with Crippen molar-refractivity contribution in [3.63, 3.8) is 0 Å². The van der Waals surface area contributed by atoms with Gasteiger partial charge in [-0.05, 0) is 44.4 Å². The van der Waals surface area contributed by atoms with E-state index in [0.717, 1.165) is 31.8 Å². The van der Waals surface area contributed by atoms with Crippen LogP contribution in [0.2, 0.25) is 0 Å². The van der Waals surface area contributed by atoms with Gasteiger partial charge >= 0.3 is 0 Å². The number of carbonyl (C=O) groups is 1. The molecular weight excluding hydrogens is 212 g/mol. The highest BCUT2D eigenvalue weighted by Gasteiger charge is 2.46. The largest absolute Gasteiger partial charge is 0.341 e. The molecule has 0 aromatic heterocycles. The van der Waals surface area contributed by atoms with E-state index in [1.165, 1.54) is 25.7 Å². The summed E-state index contributed by atoms with van der Waals surface area (Å²) in [4.78, 5) is 14.4. The number of amides is 1. The predicted octanol–water partition coefficient (Wildman–Crippen LogP) is 2.15. The number of hydrogen-bond donors (Lipinski definition) is 1. The van der Waals surface area contributed by atoms with E-state index in [9.17, 15) is 4.79 Å². The first-order valence-electron chi connectivity index (χ1n) is 7.14. The molecule has 1 aliphatic heterocycles. The molecule has 1 unspecified atom stereocenters. The van der Waals surface area contributed by atoms with Gasteiger partial charge in [0.05, 0.1) is 5.54 Å². The molecule has 3 nitrogen and oxygen atoms in total. The van der Waals surface area contributed by atoms with E-state index in [4.69, 9.17) is 5.73 Å². The lowest BCUT2D eigenvalue weighted by Gasteiger charge is -2.37. The van der Waals surface area contributed by atoms with Crippen molar-refractivity contribution in [3.05, 3.63) is 0 Å². The highest BCUT2D eigenvalue weighted by Crippen LogP contribution is 2.39. The number of piperidine rings is 1. The Morgan fingerprint density at radius 2 is 1.88 bits per heavy atom. The van der Waals surface area contributed by atoms with Crippen LogP contribution in [-0.2, 0) is 4.79 Å². The third-order valence-corrected chi connectivity index (χ3v) is 4.48. The third kappa shape index (κ3) is 2.82. The molecular formula is C14H26N2O. The van der Waals surface area contributed by atoms with Crippen LogP contribution in [0.15, 0.2) is 0 Å². The van der Waals surface area contributed by atoms with E-state index in [1.807, 2.05) is 11.8 Å². The van der Waals surface area contributed by atoms with Crippen LogP contribution in [0.1, 0.15) is 52.4 Å². The molecule has 1 atom stereocenters. The van der Waals surface area contributed by atoms with Gasteiger partial charge in [0.25, 0.3) is 0 Å². The fourth-order valence-electron chi connectivity index (χ4n) is 3.03. The number of rotatable bonds is 4. The molecule has 0 aromatic carbocycles.